The molecular weight excluding hydrogens is 236 g/mol. The van der Waals surface area contributed by atoms with Crippen LogP contribution in [0.3, 0.4) is 0 Å². The highest BCUT2D eigenvalue weighted by Gasteiger charge is 2.41. The van der Waals surface area contributed by atoms with Gasteiger partial charge in [-0.15, -0.1) is 6.58 Å². The summed E-state index contributed by atoms with van der Waals surface area (Å²) in [5.41, 5.74) is 5.26. The molecule has 0 bridgehead atoms. The van der Waals surface area contributed by atoms with Gasteiger partial charge in [0.15, 0.2) is 17.6 Å². The van der Waals surface area contributed by atoms with E-state index in [1.165, 1.54) is 6.07 Å². The molecule has 0 aliphatic carbocycles. The van der Waals surface area contributed by atoms with Crippen molar-refractivity contribution in [1.82, 2.24) is 4.90 Å². The minimum absolute atomic E-state index is 0.258. The number of nitrogens with two attached hydrogens (primary N) is 1. The Bertz CT molecular complexity index is 513. The summed E-state index contributed by atoms with van der Waals surface area (Å²) in [6.07, 6.45) is 1.66. The number of benzene rings is 1. The third-order valence-corrected chi connectivity index (χ3v) is 3.26. The second kappa shape index (κ2) is 4.40. The molecule has 0 fully saturated rings. The number of hydrogen-bond acceptors (Lipinski definition) is 3. The summed E-state index contributed by atoms with van der Waals surface area (Å²) in [5, 5.41) is 0. The molecule has 1 unspecified atom stereocenters. The number of nitrogens with zero attached hydrogens (tertiary/aromatic N) is 2. The van der Waals surface area contributed by atoms with Crippen LogP contribution < -0.4 is 5.73 Å². The molecule has 1 aromatic rings. The lowest BCUT2D eigenvalue weighted by Gasteiger charge is -2.36. The lowest BCUT2D eigenvalue weighted by Crippen LogP contribution is -2.48. The third-order valence-electron chi connectivity index (χ3n) is 3.26. The molecule has 0 spiro atoms. The zero-order valence-corrected chi connectivity index (χ0v) is 10.2. The molecule has 0 saturated heterocycles. The van der Waals surface area contributed by atoms with Gasteiger partial charge in [0.25, 0.3) is 0 Å². The quantitative estimate of drug-likeness (QED) is 0.835. The van der Waals surface area contributed by atoms with Gasteiger partial charge in [-0.05, 0) is 13.0 Å². The predicted octanol–water partition coefficient (Wildman–Crippen LogP) is 2.00. The molecule has 0 aromatic heterocycles. The molecule has 1 heterocycles. The molecule has 0 amide bonds. The van der Waals surface area contributed by atoms with Gasteiger partial charge in [-0.2, -0.15) is 0 Å². The number of guanidine groups is 1. The van der Waals surface area contributed by atoms with Crippen LogP contribution in [0.4, 0.5) is 8.78 Å². The van der Waals surface area contributed by atoms with Gasteiger partial charge in [-0.3, -0.25) is 4.99 Å². The first-order valence-corrected chi connectivity index (χ1v) is 5.63. The van der Waals surface area contributed by atoms with Gasteiger partial charge in [-0.25, -0.2) is 8.78 Å². The van der Waals surface area contributed by atoms with Crippen LogP contribution in [0.25, 0.3) is 0 Å². The van der Waals surface area contributed by atoms with E-state index in [9.17, 15) is 8.78 Å². The molecule has 1 aromatic carbocycles. The highest BCUT2D eigenvalue weighted by molar-refractivity contribution is 5.81. The lowest BCUT2D eigenvalue weighted by molar-refractivity contribution is 0.235. The van der Waals surface area contributed by atoms with Crippen molar-refractivity contribution in [2.75, 3.05) is 13.1 Å². The van der Waals surface area contributed by atoms with Gasteiger partial charge < -0.3 is 10.6 Å². The fourth-order valence-electron chi connectivity index (χ4n) is 2.23. The summed E-state index contributed by atoms with van der Waals surface area (Å²) in [4.78, 5) is 5.84. The molecule has 96 valence electrons. The summed E-state index contributed by atoms with van der Waals surface area (Å²) < 4.78 is 27.3. The number of halogens is 2. The first kappa shape index (κ1) is 12.5. The van der Waals surface area contributed by atoms with Gasteiger partial charge in [0.1, 0.15) is 0 Å². The summed E-state index contributed by atoms with van der Waals surface area (Å²) in [6.45, 7) is 6.16. The van der Waals surface area contributed by atoms with Crippen molar-refractivity contribution in [2.45, 2.75) is 12.5 Å². The molecule has 0 saturated carbocycles. The first-order valence-electron chi connectivity index (χ1n) is 5.63. The average Bonchev–Trinajstić information content (AvgIpc) is 2.62. The maximum atomic E-state index is 13.9. The zero-order chi connectivity index (χ0) is 13.3. The molecule has 2 rings (SSSR count). The number of hydrogen-bond donors (Lipinski definition) is 1. The van der Waals surface area contributed by atoms with E-state index in [0.29, 0.717) is 19.0 Å². The van der Waals surface area contributed by atoms with Crippen LogP contribution in [-0.4, -0.2) is 23.9 Å². The van der Waals surface area contributed by atoms with Gasteiger partial charge in [-0.1, -0.05) is 18.2 Å². The zero-order valence-electron chi connectivity index (χ0n) is 10.2. The summed E-state index contributed by atoms with van der Waals surface area (Å²) in [5.74, 6) is -1.39. The molecule has 0 radical (unpaired) electrons. The Morgan fingerprint density at radius 3 is 2.94 bits per heavy atom. The molecule has 1 atom stereocenters. The van der Waals surface area contributed by atoms with Crippen molar-refractivity contribution in [2.24, 2.45) is 10.7 Å². The average molecular weight is 251 g/mol. The second-order valence-corrected chi connectivity index (χ2v) is 4.45. The standard InChI is InChI=1S/C13H15F2N3/c1-3-7-18-12(16)17-8-13(18,2)9-5-4-6-10(14)11(9)15/h3-6H,1,7-8H2,2H3,(H2,16,17). The van der Waals surface area contributed by atoms with E-state index in [0.717, 1.165) is 6.07 Å². The van der Waals surface area contributed by atoms with Crippen LogP contribution in [0.15, 0.2) is 35.8 Å². The Kier molecular flexibility index (Phi) is 3.07. The summed E-state index contributed by atoms with van der Waals surface area (Å²) in [6, 6.07) is 4.14. The van der Waals surface area contributed by atoms with Crippen molar-refractivity contribution >= 4 is 5.96 Å². The second-order valence-electron chi connectivity index (χ2n) is 4.45. The van der Waals surface area contributed by atoms with Crippen LogP contribution in [0.1, 0.15) is 12.5 Å². The first-order chi connectivity index (χ1) is 8.50. The van der Waals surface area contributed by atoms with Crippen LogP contribution >= 0.6 is 0 Å². The topological polar surface area (TPSA) is 41.6 Å². The van der Waals surface area contributed by atoms with Gasteiger partial charge >= 0.3 is 0 Å². The predicted molar refractivity (Wildman–Crippen MR) is 67.1 cm³/mol. The molecule has 2 N–H and O–H groups in total. The molecule has 1 aliphatic rings. The van der Waals surface area contributed by atoms with E-state index in [1.807, 2.05) is 0 Å². The van der Waals surface area contributed by atoms with Crippen molar-refractivity contribution < 1.29 is 8.78 Å². The number of rotatable bonds is 3. The van der Waals surface area contributed by atoms with E-state index in [2.05, 4.69) is 11.6 Å². The number of aliphatic imine (C=N–C) groups is 1. The van der Waals surface area contributed by atoms with Gasteiger partial charge in [0.05, 0.1) is 12.1 Å². The SMILES string of the molecule is C=CCN1C(N)=NCC1(C)c1cccc(F)c1F. The lowest BCUT2D eigenvalue weighted by atomic mass is 9.90. The Hall–Kier alpha value is -1.91. The largest absolute Gasteiger partial charge is 0.370 e. The monoisotopic (exact) mass is 251 g/mol. The maximum Gasteiger partial charge on any atom is 0.192 e. The third kappa shape index (κ3) is 1.75. The summed E-state index contributed by atoms with van der Waals surface area (Å²) in [7, 11) is 0. The maximum absolute atomic E-state index is 13.9. The Morgan fingerprint density at radius 2 is 2.28 bits per heavy atom. The molecular formula is C13H15F2N3. The molecule has 5 heteroatoms. The summed E-state index contributed by atoms with van der Waals surface area (Å²) >= 11 is 0. The highest BCUT2D eigenvalue weighted by Crippen LogP contribution is 2.34. The highest BCUT2D eigenvalue weighted by atomic mass is 19.2. The van der Waals surface area contributed by atoms with Gasteiger partial charge in [0.2, 0.25) is 0 Å². The van der Waals surface area contributed by atoms with Crippen molar-refractivity contribution in [3.05, 3.63) is 48.1 Å². The van der Waals surface area contributed by atoms with Crippen LogP contribution in [0.2, 0.25) is 0 Å². The van der Waals surface area contributed by atoms with Crippen LogP contribution in [0, 0.1) is 11.6 Å². The Labute approximate surface area is 105 Å². The minimum atomic E-state index is -0.863. The van der Waals surface area contributed by atoms with Crippen molar-refractivity contribution in [3.8, 4) is 0 Å². The molecule has 1 aliphatic heterocycles. The van der Waals surface area contributed by atoms with Crippen LogP contribution in [0.5, 0.6) is 0 Å². The van der Waals surface area contributed by atoms with E-state index in [4.69, 9.17) is 5.73 Å². The van der Waals surface area contributed by atoms with E-state index < -0.39 is 17.2 Å². The van der Waals surface area contributed by atoms with E-state index in [-0.39, 0.29) is 5.56 Å². The molecule has 18 heavy (non-hydrogen) atoms. The normalized spacial score (nSPS) is 23.1. The Morgan fingerprint density at radius 1 is 1.56 bits per heavy atom. The van der Waals surface area contributed by atoms with Crippen molar-refractivity contribution in [3.63, 3.8) is 0 Å². The minimum Gasteiger partial charge on any atom is -0.370 e. The van der Waals surface area contributed by atoms with Gasteiger partial charge in [0, 0.05) is 12.1 Å². The van der Waals surface area contributed by atoms with E-state index >= 15 is 0 Å². The van der Waals surface area contributed by atoms with Crippen molar-refractivity contribution in [1.29, 1.82) is 0 Å². The smallest absolute Gasteiger partial charge is 0.192 e. The van der Waals surface area contributed by atoms with Crippen LogP contribution in [-0.2, 0) is 5.54 Å². The fraction of sp³-hybridized carbons (Fsp3) is 0.308. The fourth-order valence-corrected chi connectivity index (χ4v) is 2.23. The molecule has 3 nitrogen and oxygen atoms in total. The van der Waals surface area contributed by atoms with E-state index in [1.54, 1.807) is 24.0 Å². The Balaban J connectivity index is 2.48.